The maximum absolute atomic E-state index is 15.1. The first-order valence-electron chi connectivity index (χ1n) is 31.0. The van der Waals surface area contributed by atoms with E-state index in [1.807, 2.05) is 89.1 Å². The minimum Gasteiger partial charge on any atom is -0.377 e. The second-order valence-corrected chi connectivity index (χ2v) is 32.9. The monoisotopic (exact) mass is 1270 g/mol. The summed E-state index contributed by atoms with van der Waals surface area (Å²) in [6, 6.07) is 26.0. The lowest BCUT2D eigenvalue weighted by molar-refractivity contribution is 0.0985. The molecular formula is C63H74N18O6S3. The number of fused-ring (bicyclic) bond motifs is 3. The van der Waals surface area contributed by atoms with Crippen molar-refractivity contribution in [3.05, 3.63) is 107 Å². The van der Waals surface area contributed by atoms with Gasteiger partial charge in [0.05, 0.1) is 131 Å². The third kappa shape index (κ3) is 11.0. The van der Waals surface area contributed by atoms with Gasteiger partial charge in [-0.05, 0) is 115 Å². The first-order chi connectivity index (χ1) is 43.2. The first kappa shape index (κ1) is 58.8. The normalized spacial score (nSPS) is 24.9. The molecule has 3 aliphatic carbocycles. The van der Waals surface area contributed by atoms with Crippen LogP contribution in [0.15, 0.2) is 92.0 Å². The number of anilines is 3. The molecule has 9 aromatic rings. The smallest absolute Gasteiger partial charge is 0.239 e. The number of para-hydroxylation sites is 2. The number of benzene rings is 3. The lowest BCUT2D eigenvalue weighted by atomic mass is 10.1. The Kier molecular flexibility index (Phi) is 14.6. The Balaban J connectivity index is 0.716. The van der Waals surface area contributed by atoms with Crippen LogP contribution >= 0.6 is 0 Å². The third-order valence-electron chi connectivity index (χ3n) is 18.5. The fourth-order valence-electron chi connectivity index (χ4n) is 13.4. The number of nitrogens with zero attached hydrogens (tertiary/aromatic N) is 18. The molecule has 0 N–H and O–H groups in total. The average Bonchev–Trinajstić information content (AvgIpc) is 1.59. The van der Waals surface area contributed by atoms with Crippen LogP contribution in [0.2, 0.25) is 0 Å². The number of morpholine rings is 3. The number of aromatic nitrogens is 12. The topological polar surface area (TPSA) is 256 Å². The molecule has 6 aromatic heterocycles. The van der Waals surface area contributed by atoms with E-state index in [9.17, 15) is 8.42 Å². The zero-order valence-corrected chi connectivity index (χ0v) is 54.5. The van der Waals surface area contributed by atoms with E-state index in [2.05, 4.69) is 59.7 Å². The Hall–Kier alpha value is -7.56. The Bertz CT molecular complexity index is 4780. The van der Waals surface area contributed by atoms with Gasteiger partial charge in [0.15, 0.2) is 17.5 Å². The molecule has 3 aliphatic heterocycles. The van der Waals surface area contributed by atoms with Gasteiger partial charge >= 0.3 is 0 Å². The second-order valence-electron chi connectivity index (χ2n) is 25.3. The summed E-state index contributed by atoms with van der Waals surface area (Å²) in [6.07, 6.45) is 8.36. The highest BCUT2D eigenvalue weighted by Crippen LogP contribution is 2.49. The molecule has 24 nitrogen and oxygen atoms in total. The van der Waals surface area contributed by atoms with Gasteiger partial charge in [0.1, 0.15) is 34.9 Å². The summed E-state index contributed by atoms with van der Waals surface area (Å²) in [5, 5.41) is -0.401. The molecule has 6 aliphatic rings. The molecular weight excluding hydrogens is 1200 g/mol. The summed E-state index contributed by atoms with van der Waals surface area (Å²) in [4.78, 5) is 51.7. The van der Waals surface area contributed by atoms with E-state index >= 15 is 4.21 Å². The van der Waals surface area contributed by atoms with Gasteiger partial charge in [-0.25, -0.2) is 27.6 Å². The van der Waals surface area contributed by atoms with E-state index in [4.69, 9.17) is 72.2 Å². The van der Waals surface area contributed by atoms with Crippen molar-refractivity contribution in [2.75, 3.05) is 92.7 Å². The molecule has 0 radical (unpaired) electrons. The Labute approximate surface area is 523 Å². The van der Waals surface area contributed by atoms with Gasteiger partial charge in [-0.3, -0.25) is 13.7 Å². The van der Waals surface area contributed by atoms with Crippen molar-refractivity contribution in [2.45, 2.75) is 113 Å². The SMILES string of the molecule is Cc1nc2cc(C3CC3S(C)(=O)=Nc3cc(N4CCOC[C@H]4C)nc(-n4c(C)nc5cc(C6CC6S(C)(=O)=Nc6cc(N7CCOC[C@H]7C)nc(-n7c(C)nc8ccccc87)n6)ccc54)n3)ccc2n1-c1nc(N=S(C)(=O)C2CC2)cc(N2CCOC[C@H]2C)n1. The van der Waals surface area contributed by atoms with Crippen LogP contribution in [0.4, 0.5) is 34.9 Å². The molecule has 0 spiro atoms. The van der Waals surface area contributed by atoms with E-state index in [1.165, 1.54) is 0 Å². The molecule has 15 rings (SSSR count). The van der Waals surface area contributed by atoms with Crippen LogP contribution in [0.25, 0.3) is 50.9 Å². The predicted octanol–water partition coefficient (Wildman–Crippen LogP) is 9.14. The Morgan fingerprint density at radius 1 is 0.444 bits per heavy atom. The second kappa shape index (κ2) is 22.4. The number of imidazole rings is 3. The maximum Gasteiger partial charge on any atom is 0.239 e. The van der Waals surface area contributed by atoms with E-state index in [0.29, 0.717) is 137 Å². The molecule has 3 saturated carbocycles. The number of hydrogen-bond donors (Lipinski definition) is 0. The first-order valence-corrected chi connectivity index (χ1v) is 37.0. The summed E-state index contributed by atoms with van der Waals surface area (Å²) in [7, 11) is -8.20. The molecule has 9 heterocycles. The number of ether oxygens (including phenoxy) is 3. The standard InChI is InChI=1S/C63H74N18O6S3/c1-36-33-85-23-20-76(36)58-30-55(73-88(7,82)44-16-17-44)67-62(71-58)80-40(5)65-48-26-42(14-18-51(48)80)46-29-54(46)90(9,84)75-57-32-60(78-22-25-87-35-38(78)3)72-63(69-57)81-41(6)66-49-27-43(15-19-52(49)81)45-28-53(45)89(8,83)74-56-31-59(77-21-24-86-34-37(77)2)70-61(68-56)79-39(4)64-47-12-10-11-13-50(47)79/h10-15,18-19,26-27,30-32,36-38,44-46,53-54H,16-17,20-25,28-29,33-35H2,1-9H3/t36-,37-,38-,45?,46?,53?,54?,88?,89?,90?/m1/s1. The summed E-state index contributed by atoms with van der Waals surface area (Å²) >= 11 is 0. The van der Waals surface area contributed by atoms with Crippen LogP contribution in [0.1, 0.15) is 86.9 Å². The summed E-state index contributed by atoms with van der Waals surface area (Å²) in [5.74, 6) is 6.37. The predicted molar refractivity (Wildman–Crippen MR) is 351 cm³/mol. The highest BCUT2D eigenvalue weighted by molar-refractivity contribution is 7.94. The molecule has 0 bridgehead atoms. The van der Waals surface area contributed by atoms with Gasteiger partial charge < -0.3 is 28.9 Å². The van der Waals surface area contributed by atoms with E-state index in [-0.39, 0.29) is 45.7 Å². The van der Waals surface area contributed by atoms with Crippen LogP contribution in [0.3, 0.4) is 0 Å². The van der Waals surface area contributed by atoms with Crippen molar-refractivity contribution in [3.8, 4) is 17.8 Å². The molecule has 7 unspecified atom stereocenters. The largest absolute Gasteiger partial charge is 0.377 e. The molecule has 0 amide bonds. The fraction of sp³-hybridized carbons (Fsp3) is 0.476. The summed E-state index contributed by atoms with van der Waals surface area (Å²) < 4.78 is 81.7. The van der Waals surface area contributed by atoms with Gasteiger partial charge in [0.2, 0.25) is 17.8 Å². The van der Waals surface area contributed by atoms with Gasteiger partial charge in [0.25, 0.3) is 0 Å². The molecule has 470 valence electrons. The average molecular weight is 1280 g/mol. The number of rotatable bonds is 14. The van der Waals surface area contributed by atoms with E-state index < -0.39 is 29.2 Å². The molecule has 27 heteroatoms. The summed E-state index contributed by atoms with van der Waals surface area (Å²) in [6.45, 7) is 17.4. The van der Waals surface area contributed by atoms with E-state index in [1.54, 1.807) is 18.8 Å². The quantitative estimate of drug-likeness (QED) is 0.0983. The van der Waals surface area contributed by atoms with Crippen LogP contribution in [-0.4, -0.2) is 183 Å². The minimum absolute atomic E-state index is 0.0153. The zero-order valence-electron chi connectivity index (χ0n) is 52.0. The minimum atomic E-state index is -2.88. The van der Waals surface area contributed by atoms with Crippen LogP contribution < -0.4 is 14.7 Å². The molecule has 3 saturated heterocycles. The van der Waals surface area contributed by atoms with Crippen molar-refractivity contribution in [2.24, 2.45) is 13.1 Å². The van der Waals surface area contributed by atoms with Crippen molar-refractivity contribution in [1.29, 1.82) is 0 Å². The van der Waals surface area contributed by atoms with Crippen LogP contribution in [0, 0.1) is 20.8 Å². The van der Waals surface area contributed by atoms with Crippen molar-refractivity contribution < 1.29 is 26.8 Å². The van der Waals surface area contributed by atoms with E-state index in [0.717, 1.165) is 62.9 Å². The summed E-state index contributed by atoms with van der Waals surface area (Å²) in [5.41, 5.74) is 6.86. The van der Waals surface area contributed by atoms with Gasteiger partial charge in [-0.15, -0.1) is 0 Å². The lowest BCUT2D eigenvalue weighted by Crippen LogP contribution is -2.44. The molecule has 6 fully saturated rings. The number of hydrogen-bond acceptors (Lipinski definition) is 21. The van der Waals surface area contributed by atoms with Gasteiger partial charge in [0, 0.05) is 73.7 Å². The fourth-order valence-corrected chi connectivity index (χ4v) is 18.9. The van der Waals surface area contributed by atoms with Crippen molar-refractivity contribution in [1.82, 2.24) is 58.6 Å². The molecule has 3 aromatic carbocycles. The molecule has 90 heavy (non-hydrogen) atoms. The van der Waals surface area contributed by atoms with Gasteiger partial charge in [-0.1, -0.05) is 24.3 Å². The van der Waals surface area contributed by atoms with Gasteiger partial charge in [-0.2, -0.15) is 43.0 Å². The van der Waals surface area contributed by atoms with Crippen molar-refractivity contribution in [3.63, 3.8) is 0 Å². The third-order valence-corrected chi connectivity index (χ3v) is 25.1. The zero-order chi connectivity index (χ0) is 62.1. The maximum atomic E-state index is 15.1. The van der Waals surface area contributed by atoms with Crippen molar-refractivity contribution >= 4 is 97.2 Å². The highest BCUT2D eigenvalue weighted by Gasteiger charge is 2.46. The van der Waals surface area contributed by atoms with Crippen LogP contribution in [-0.2, 0) is 43.4 Å². The van der Waals surface area contributed by atoms with Crippen LogP contribution in [0.5, 0.6) is 0 Å². The Morgan fingerprint density at radius 2 is 0.811 bits per heavy atom. The lowest BCUT2D eigenvalue weighted by Gasteiger charge is -2.34. The Morgan fingerprint density at radius 3 is 1.20 bits per heavy atom. The number of aryl methyl sites for hydroxylation is 3. The molecule has 10 atom stereocenters. The highest BCUT2D eigenvalue weighted by atomic mass is 32.2.